The molecule has 0 aliphatic carbocycles. The zero-order valence-electron chi connectivity index (χ0n) is 16.7. The SMILES string of the molecule is CC(=O)CC[C@H](C)[C@@H](CCc1ccccc1)O[Si](C)(C)C(C)(C)C. The van der Waals surface area contributed by atoms with Gasteiger partial charge in [-0.05, 0) is 55.8 Å². The Kier molecular flexibility index (Phi) is 7.88. The zero-order valence-corrected chi connectivity index (χ0v) is 17.7. The van der Waals surface area contributed by atoms with Gasteiger partial charge in [0.25, 0.3) is 0 Å². The number of aryl methyl sites for hydroxylation is 1. The van der Waals surface area contributed by atoms with E-state index >= 15 is 0 Å². The maximum atomic E-state index is 11.4. The van der Waals surface area contributed by atoms with Crippen LogP contribution in [0.2, 0.25) is 18.1 Å². The van der Waals surface area contributed by atoms with Gasteiger partial charge in [-0.15, -0.1) is 0 Å². The van der Waals surface area contributed by atoms with Crippen LogP contribution in [0.25, 0.3) is 0 Å². The molecule has 0 N–H and O–H groups in total. The topological polar surface area (TPSA) is 26.3 Å². The minimum atomic E-state index is -1.81. The van der Waals surface area contributed by atoms with Crippen LogP contribution in [0.4, 0.5) is 0 Å². The monoisotopic (exact) mass is 348 g/mol. The first-order chi connectivity index (χ1) is 11.0. The fourth-order valence-electron chi connectivity index (χ4n) is 2.59. The summed E-state index contributed by atoms with van der Waals surface area (Å²) in [6.45, 7) is 15.4. The summed E-state index contributed by atoms with van der Waals surface area (Å²) in [5.41, 5.74) is 1.36. The molecule has 0 aliphatic rings. The fraction of sp³-hybridized carbons (Fsp3) is 0.667. The summed E-state index contributed by atoms with van der Waals surface area (Å²) < 4.78 is 6.75. The lowest BCUT2D eigenvalue weighted by Crippen LogP contribution is -2.45. The molecule has 0 spiro atoms. The predicted molar refractivity (Wildman–Crippen MR) is 106 cm³/mol. The molecule has 0 unspecified atom stereocenters. The van der Waals surface area contributed by atoms with E-state index in [1.54, 1.807) is 6.92 Å². The van der Waals surface area contributed by atoms with Crippen molar-refractivity contribution in [2.75, 3.05) is 0 Å². The Morgan fingerprint density at radius 1 is 1.12 bits per heavy atom. The zero-order chi connectivity index (χ0) is 18.4. The molecule has 0 aromatic heterocycles. The Labute approximate surface area is 150 Å². The van der Waals surface area contributed by atoms with Gasteiger partial charge < -0.3 is 9.22 Å². The van der Waals surface area contributed by atoms with Gasteiger partial charge in [0.1, 0.15) is 5.78 Å². The largest absolute Gasteiger partial charge is 0.414 e. The van der Waals surface area contributed by atoms with E-state index in [1.165, 1.54) is 5.56 Å². The van der Waals surface area contributed by atoms with Gasteiger partial charge in [0.15, 0.2) is 8.32 Å². The van der Waals surface area contributed by atoms with Crippen LogP contribution in [0.1, 0.15) is 59.4 Å². The van der Waals surface area contributed by atoms with Crippen molar-refractivity contribution in [2.24, 2.45) is 5.92 Å². The molecule has 1 aromatic rings. The van der Waals surface area contributed by atoms with Crippen molar-refractivity contribution >= 4 is 14.1 Å². The molecule has 24 heavy (non-hydrogen) atoms. The molecule has 1 aromatic carbocycles. The van der Waals surface area contributed by atoms with Gasteiger partial charge in [-0.25, -0.2) is 0 Å². The Hall–Kier alpha value is -0.933. The summed E-state index contributed by atoms with van der Waals surface area (Å²) in [6, 6.07) is 10.6. The Morgan fingerprint density at radius 3 is 2.21 bits per heavy atom. The maximum Gasteiger partial charge on any atom is 0.192 e. The van der Waals surface area contributed by atoms with Gasteiger partial charge in [0.05, 0.1) is 0 Å². The minimum absolute atomic E-state index is 0.207. The Bertz CT molecular complexity index is 502. The predicted octanol–water partition coefficient (Wildman–Crippen LogP) is 6.01. The lowest BCUT2D eigenvalue weighted by molar-refractivity contribution is -0.117. The highest BCUT2D eigenvalue weighted by Crippen LogP contribution is 2.39. The molecule has 0 bridgehead atoms. The molecule has 2 nitrogen and oxygen atoms in total. The minimum Gasteiger partial charge on any atom is -0.414 e. The molecule has 2 atom stereocenters. The van der Waals surface area contributed by atoms with Gasteiger partial charge >= 0.3 is 0 Å². The van der Waals surface area contributed by atoms with E-state index in [-0.39, 0.29) is 16.9 Å². The normalized spacial score (nSPS) is 15.1. The molecule has 0 aliphatic heterocycles. The first-order valence-electron chi connectivity index (χ1n) is 9.24. The van der Waals surface area contributed by atoms with Crippen LogP contribution < -0.4 is 0 Å². The molecule has 0 heterocycles. The molecule has 0 fully saturated rings. The molecule has 1 rings (SSSR count). The molecule has 0 radical (unpaired) electrons. The van der Waals surface area contributed by atoms with E-state index in [4.69, 9.17) is 4.43 Å². The molecule has 0 saturated heterocycles. The molecular weight excluding hydrogens is 312 g/mol. The van der Waals surface area contributed by atoms with Crippen molar-refractivity contribution in [3.63, 3.8) is 0 Å². The number of carbonyl (C=O) groups is 1. The third-order valence-corrected chi connectivity index (χ3v) is 9.90. The number of rotatable bonds is 9. The van der Waals surface area contributed by atoms with Crippen LogP contribution >= 0.6 is 0 Å². The summed E-state index contributed by atoms with van der Waals surface area (Å²) in [6.07, 6.45) is 3.86. The van der Waals surface area contributed by atoms with Crippen LogP contribution in [0, 0.1) is 5.92 Å². The molecular formula is C21H36O2Si. The third kappa shape index (κ3) is 6.90. The van der Waals surface area contributed by atoms with E-state index in [0.29, 0.717) is 12.3 Å². The first kappa shape index (κ1) is 21.1. The second kappa shape index (κ2) is 8.96. The standard InChI is InChI=1S/C21H36O2Si/c1-17(13-14-18(2)22)20(23-24(6,7)21(3,4)5)16-15-19-11-9-8-10-12-19/h8-12,17,20H,13-16H2,1-7H3/t17-,20+/m0/s1. The molecule has 136 valence electrons. The lowest BCUT2D eigenvalue weighted by atomic mass is 9.93. The summed E-state index contributed by atoms with van der Waals surface area (Å²) >= 11 is 0. The van der Waals surface area contributed by atoms with Gasteiger partial charge in [-0.1, -0.05) is 58.0 Å². The smallest absolute Gasteiger partial charge is 0.192 e. The van der Waals surface area contributed by atoms with Crippen molar-refractivity contribution in [1.29, 1.82) is 0 Å². The number of benzene rings is 1. The molecule has 3 heteroatoms. The van der Waals surface area contributed by atoms with E-state index in [2.05, 4.69) is 71.1 Å². The van der Waals surface area contributed by atoms with Crippen molar-refractivity contribution < 1.29 is 9.22 Å². The van der Waals surface area contributed by atoms with Gasteiger partial charge in [0, 0.05) is 12.5 Å². The van der Waals surface area contributed by atoms with E-state index in [1.807, 2.05) is 0 Å². The van der Waals surface area contributed by atoms with Crippen molar-refractivity contribution in [3.05, 3.63) is 35.9 Å². The average molecular weight is 349 g/mol. The summed E-state index contributed by atoms with van der Waals surface area (Å²) in [7, 11) is -1.81. The average Bonchev–Trinajstić information content (AvgIpc) is 2.48. The Balaban J connectivity index is 2.80. The van der Waals surface area contributed by atoms with Gasteiger partial charge in [-0.2, -0.15) is 0 Å². The van der Waals surface area contributed by atoms with E-state index in [9.17, 15) is 4.79 Å². The second-order valence-electron chi connectivity index (χ2n) is 8.66. The fourth-order valence-corrected chi connectivity index (χ4v) is 4.05. The first-order valence-corrected chi connectivity index (χ1v) is 12.1. The summed E-state index contributed by atoms with van der Waals surface area (Å²) in [5, 5.41) is 0.207. The van der Waals surface area contributed by atoms with Crippen molar-refractivity contribution in [3.8, 4) is 0 Å². The highest BCUT2D eigenvalue weighted by Gasteiger charge is 2.40. The molecule has 0 amide bonds. The van der Waals surface area contributed by atoms with Crippen LogP contribution in [-0.4, -0.2) is 20.2 Å². The van der Waals surface area contributed by atoms with Crippen molar-refractivity contribution in [1.82, 2.24) is 0 Å². The van der Waals surface area contributed by atoms with E-state index < -0.39 is 8.32 Å². The highest BCUT2D eigenvalue weighted by atomic mass is 28.4. The number of ketones is 1. The van der Waals surface area contributed by atoms with Crippen LogP contribution in [0.3, 0.4) is 0 Å². The molecule has 0 saturated carbocycles. The Morgan fingerprint density at radius 2 is 1.71 bits per heavy atom. The number of hydrogen-bond donors (Lipinski definition) is 0. The lowest BCUT2D eigenvalue weighted by Gasteiger charge is -2.41. The number of Topliss-reactive ketones (excluding diaryl/α,β-unsaturated/α-hetero) is 1. The summed E-state index contributed by atoms with van der Waals surface area (Å²) in [5.74, 6) is 0.683. The van der Waals surface area contributed by atoms with E-state index in [0.717, 1.165) is 19.3 Å². The number of hydrogen-bond acceptors (Lipinski definition) is 2. The van der Waals surface area contributed by atoms with Crippen LogP contribution in [0.15, 0.2) is 30.3 Å². The van der Waals surface area contributed by atoms with Crippen molar-refractivity contribution in [2.45, 2.75) is 84.5 Å². The van der Waals surface area contributed by atoms with Gasteiger partial charge in [-0.3, -0.25) is 0 Å². The second-order valence-corrected chi connectivity index (χ2v) is 13.4. The maximum absolute atomic E-state index is 11.4. The quantitative estimate of drug-likeness (QED) is 0.510. The third-order valence-electron chi connectivity index (χ3n) is 5.40. The highest BCUT2D eigenvalue weighted by molar-refractivity contribution is 6.74. The van der Waals surface area contributed by atoms with Crippen LogP contribution in [-0.2, 0) is 15.6 Å². The van der Waals surface area contributed by atoms with Crippen LogP contribution in [0.5, 0.6) is 0 Å². The number of carbonyl (C=O) groups excluding carboxylic acids is 1. The summed E-state index contributed by atoms with van der Waals surface area (Å²) in [4.78, 5) is 11.4. The van der Waals surface area contributed by atoms with Gasteiger partial charge in [0.2, 0.25) is 0 Å².